The van der Waals surface area contributed by atoms with E-state index >= 15 is 0 Å². The molecule has 0 saturated carbocycles. The summed E-state index contributed by atoms with van der Waals surface area (Å²) in [5.74, 6) is 0. The van der Waals surface area contributed by atoms with Crippen LogP contribution in [0.4, 0.5) is 4.79 Å². The summed E-state index contributed by atoms with van der Waals surface area (Å²) < 4.78 is -1.50. The number of hydrogen-bond acceptors (Lipinski definition) is 1. The van der Waals surface area contributed by atoms with Crippen molar-refractivity contribution in [1.82, 2.24) is 0 Å². The fourth-order valence-corrected chi connectivity index (χ4v) is 0. The third kappa shape index (κ3) is 3.52. The Balaban J connectivity index is 4.38. The number of hydrogen-bond donors (Lipinski definition) is 1. The van der Waals surface area contributed by atoms with E-state index in [1.807, 2.05) is 0 Å². The van der Waals surface area contributed by atoms with Crippen molar-refractivity contribution in [2.75, 3.05) is 0 Å². The Hall–Kier alpha value is 1.51. The summed E-state index contributed by atoms with van der Waals surface area (Å²) in [4.78, 5) is 9.91. The zero-order valence-electron chi connectivity index (χ0n) is 3.37. The van der Waals surface area contributed by atoms with Crippen LogP contribution in [0.5, 0.6) is 0 Å². The molecule has 0 rings (SSSR count). The zero-order valence-corrected chi connectivity index (χ0v) is 8.85. The number of carbonyl (C=O) groups is 1. The van der Waals surface area contributed by atoms with E-state index in [-0.39, 0.29) is 0 Å². The van der Waals surface area contributed by atoms with Crippen molar-refractivity contribution < 1.29 is 23.9 Å². The molecular formula is CHCl4O2Zr. The molecule has 0 fully saturated rings. The molecule has 0 heterocycles. The van der Waals surface area contributed by atoms with E-state index in [2.05, 4.69) is 0 Å². The van der Waals surface area contributed by atoms with E-state index in [9.17, 15) is 4.79 Å². The molecule has 0 saturated heterocycles. The van der Waals surface area contributed by atoms with Crippen molar-refractivity contribution in [3.05, 3.63) is 0 Å². The quantitative estimate of drug-likeness (QED) is 0.800. The molecule has 0 aliphatic carbocycles. The Labute approximate surface area is 61.0 Å². The molecule has 0 radical (unpaired) electrons. The van der Waals surface area contributed by atoms with Crippen LogP contribution in [0.1, 0.15) is 0 Å². The van der Waals surface area contributed by atoms with Crippen LogP contribution < -0.4 is 0 Å². The predicted molar refractivity (Wildman–Crippen MR) is 31.4 cm³/mol. The normalized spacial score (nSPS) is 16.8. The van der Waals surface area contributed by atoms with Crippen LogP contribution >= 0.6 is 34.1 Å². The van der Waals surface area contributed by atoms with Crippen LogP contribution in [0.3, 0.4) is 0 Å². The Kier molecular flexibility index (Phi) is 2.71. The summed E-state index contributed by atoms with van der Waals surface area (Å²) in [6, 6.07) is 0. The Bertz CT molecular complexity index is 114. The second kappa shape index (κ2) is 2.28. The summed E-state index contributed by atoms with van der Waals surface area (Å²) in [6.45, 7) is 0. The molecule has 49 valence electrons. The minimum atomic E-state index is -5.16. The van der Waals surface area contributed by atoms with Gasteiger partial charge < -0.3 is 0 Å². The fraction of sp³-hybridized carbons (Fsp3) is 0. The molecule has 0 unspecified atom stereocenters. The summed E-state index contributed by atoms with van der Waals surface area (Å²) >= 11 is -5.16. The van der Waals surface area contributed by atoms with Crippen molar-refractivity contribution in [2.24, 2.45) is 0 Å². The van der Waals surface area contributed by atoms with Crippen molar-refractivity contribution in [3.8, 4) is 0 Å². The number of halogens is 4. The average Bonchev–Trinajstić information content (AvgIpc) is 1.27. The van der Waals surface area contributed by atoms with Gasteiger partial charge in [-0.25, -0.2) is 0 Å². The predicted octanol–water partition coefficient (Wildman–Crippen LogP) is 2.97. The van der Waals surface area contributed by atoms with E-state index < -0.39 is 17.7 Å². The van der Waals surface area contributed by atoms with Gasteiger partial charge in [0.25, 0.3) is 0 Å². The SMILES string of the molecule is O=[C](O)[Zr]([Cl])([Cl])([Cl])[Cl]. The van der Waals surface area contributed by atoms with Gasteiger partial charge in [0.15, 0.2) is 0 Å². The van der Waals surface area contributed by atoms with Gasteiger partial charge in [0.1, 0.15) is 0 Å². The monoisotopic (exact) mass is 275 g/mol. The molecule has 2 nitrogen and oxygen atoms in total. The van der Waals surface area contributed by atoms with Gasteiger partial charge in [-0.05, 0) is 0 Å². The van der Waals surface area contributed by atoms with Crippen LogP contribution in [-0.2, 0) is 14.0 Å². The van der Waals surface area contributed by atoms with Gasteiger partial charge in [0, 0.05) is 0 Å². The molecule has 8 heavy (non-hydrogen) atoms. The Morgan fingerprint density at radius 2 is 1.38 bits per heavy atom. The van der Waals surface area contributed by atoms with Gasteiger partial charge in [-0.2, -0.15) is 0 Å². The number of rotatable bonds is 1. The summed E-state index contributed by atoms with van der Waals surface area (Å²) in [5, 5.41) is 8.07. The van der Waals surface area contributed by atoms with Crippen molar-refractivity contribution in [2.45, 2.75) is 0 Å². The van der Waals surface area contributed by atoms with Gasteiger partial charge in [0.05, 0.1) is 0 Å². The second-order valence-corrected chi connectivity index (χ2v) is 30.9. The number of carboxylic acid groups (broad SMARTS) is 1. The molecule has 1 N–H and O–H groups in total. The van der Waals surface area contributed by atoms with Gasteiger partial charge in [0.2, 0.25) is 0 Å². The van der Waals surface area contributed by atoms with Crippen molar-refractivity contribution in [1.29, 1.82) is 0 Å². The summed E-state index contributed by atoms with van der Waals surface area (Å²) in [6.07, 6.45) is 0. The Morgan fingerprint density at radius 3 is 1.38 bits per heavy atom. The second-order valence-electron chi connectivity index (χ2n) is 1.11. The third-order valence-electron chi connectivity index (χ3n) is 0.323. The van der Waals surface area contributed by atoms with Crippen LogP contribution in [0.25, 0.3) is 0 Å². The van der Waals surface area contributed by atoms with Gasteiger partial charge in [-0.3, -0.25) is 0 Å². The molecule has 0 aliphatic heterocycles. The molecule has 0 spiro atoms. The van der Waals surface area contributed by atoms with Crippen LogP contribution in [0, 0.1) is 0 Å². The van der Waals surface area contributed by atoms with Crippen LogP contribution in [0.15, 0.2) is 0 Å². The first-order chi connectivity index (χ1) is 3.20. The Morgan fingerprint density at radius 1 is 1.25 bits per heavy atom. The van der Waals surface area contributed by atoms with Crippen molar-refractivity contribution >= 4 is 37.7 Å². The first-order valence-electron chi connectivity index (χ1n) is 1.43. The molecule has 0 aromatic carbocycles. The maximum absolute atomic E-state index is 9.91. The molecule has 0 aromatic rings. The van der Waals surface area contributed by atoms with Gasteiger partial charge in [-0.15, -0.1) is 0 Å². The first kappa shape index (κ1) is 9.51. The molecular weight excluding hydrogens is 277 g/mol. The molecule has 0 aliphatic rings. The maximum atomic E-state index is 9.91. The van der Waals surface area contributed by atoms with Crippen LogP contribution in [0.2, 0.25) is 0 Å². The molecule has 7 heteroatoms. The molecule has 0 bridgehead atoms. The van der Waals surface area contributed by atoms with E-state index in [0.29, 0.717) is 0 Å². The average molecular weight is 278 g/mol. The zero-order chi connectivity index (χ0) is 7.02. The van der Waals surface area contributed by atoms with Gasteiger partial charge >= 0.3 is 61.6 Å². The van der Waals surface area contributed by atoms with E-state index in [4.69, 9.17) is 39.2 Å². The van der Waals surface area contributed by atoms with E-state index in [0.717, 1.165) is 0 Å². The fourth-order valence-electron chi connectivity index (χ4n) is 0. The van der Waals surface area contributed by atoms with Crippen molar-refractivity contribution in [3.63, 3.8) is 0 Å². The van der Waals surface area contributed by atoms with Crippen LogP contribution in [-0.4, -0.2) is 8.78 Å². The molecule has 0 atom stereocenters. The standard InChI is InChI=1S/CHO2.4ClH.Zr/c2-1-3;;;;;/h(H,2,3);4*1H;/q;;;;;+4/p-4. The molecule has 0 amide bonds. The topological polar surface area (TPSA) is 37.3 Å². The van der Waals surface area contributed by atoms with Gasteiger partial charge in [-0.1, -0.05) is 0 Å². The van der Waals surface area contributed by atoms with E-state index in [1.54, 1.807) is 0 Å². The molecule has 0 aromatic heterocycles. The summed E-state index contributed by atoms with van der Waals surface area (Å²) in [7, 11) is 20.1. The minimum absolute atomic E-state index is 1.50. The summed E-state index contributed by atoms with van der Waals surface area (Å²) in [5.41, 5.74) is 0. The van der Waals surface area contributed by atoms with E-state index in [1.165, 1.54) is 0 Å². The first-order valence-corrected chi connectivity index (χ1v) is 15.3. The third-order valence-corrected chi connectivity index (χ3v) is 5.74.